The smallest absolute Gasteiger partial charge is 0.319 e. The van der Waals surface area contributed by atoms with Crippen molar-refractivity contribution >= 4 is 11.7 Å². The molecule has 0 aliphatic rings. The molecule has 20 heavy (non-hydrogen) atoms. The highest BCUT2D eigenvalue weighted by Gasteiger charge is 2.09. The van der Waals surface area contributed by atoms with Crippen molar-refractivity contribution in [2.24, 2.45) is 0 Å². The quantitative estimate of drug-likeness (QED) is 0.892. The first-order chi connectivity index (χ1) is 9.54. The van der Waals surface area contributed by atoms with Crippen LogP contribution in [0.5, 0.6) is 0 Å². The van der Waals surface area contributed by atoms with E-state index < -0.39 is 0 Å². The molecule has 1 aromatic heterocycles. The van der Waals surface area contributed by atoms with Crippen molar-refractivity contribution in [2.75, 3.05) is 5.32 Å². The maximum Gasteiger partial charge on any atom is 0.319 e. The second-order valence-corrected chi connectivity index (χ2v) is 5.13. The number of hydrogen-bond donors (Lipinski definition) is 2. The highest BCUT2D eigenvalue weighted by atomic mass is 16.3. The topological polar surface area (TPSA) is 54.3 Å². The summed E-state index contributed by atoms with van der Waals surface area (Å²) in [5.74, 6) is 0. The van der Waals surface area contributed by atoms with E-state index in [2.05, 4.69) is 10.6 Å². The van der Waals surface area contributed by atoms with Gasteiger partial charge >= 0.3 is 6.03 Å². The van der Waals surface area contributed by atoms with Gasteiger partial charge in [0.2, 0.25) is 0 Å². The Kier molecular flexibility index (Phi) is 4.45. The van der Waals surface area contributed by atoms with Crippen LogP contribution in [0.2, 0.25) is 0 Å². The summed E-state index contributed by atoms with van der Waals surface area (Å²) < 4.78 is 5.01. The van der Waals surface area contributed by atoms with Crippen molar-refractivity contribution < 1.29 is 9.21 Å². The van der Waals surface area contributed by atoms with Gasteiger partial charge < -0.3 is 15.1 Å². The lowest BCUT2D eigenvalue weighted by Crippen LogP contribution is -2.37. The van der Waals surface area contributed by atoms with Gasteiger partial charge in [0.1, 0.15) is 0 Å². The van der Waals surface area contributed by atoms with Crippen molar-refractivity contribution in [2.45, 2.75) is 33.2 Å². The fraction of sp³-hybridized carbons (Fsp3) is 0.312. The Labute approximate surface area is 119 Å². The Morgan fingerprint density at radius 3 is 2.70 bits per heavy atom. The van der Waals surface area contributed by atoms with Gasteiger partial charge in [0.25, 0.3) is 0 Å². The number of urea groups is 1. The number of carbonyl (C=O) groups is 1. The number of benzene rings is 1. The summed E-state index contributed by atoms with van der Waals surface area (Å²) in [5, 5.41) is 5.76. The third kappa shape index (κ3) is 3.88. The number of anilines is 1. The average molecular weight is 272 g/mol. The fourth-order valence-corrected chi connectivity index (χ4v) is 2.02. The van der Waals surface area contributed by atoms with E-state index in [9.17, 15) is 4.79 Å². The van der Waals surface area contributed by atoms with Crippen LogP contribution in [0.1, 0.15) is 23.6 Å². The van der Waals surface area contributed by atoms with E-state index in [4.69, 9.17) is 4.42 Å². The standard InChI is InChI=1S/C16H20N2O2/c1-11-4-5-15(8-12(11)2)18-16(19)17-13(3)9-14-6-7-20-10-14/h4-8,10,13H,9H2,1-3H3,(H2,17,18,19). The van der Waals surface area contributed by atoms with Crippen LogP contribution in [0.3, 0.4) is 0 Å². The van der Waals surface area contributed by atoms with Gasteiger partial charge in [0, 0.05) is 11.7 Å². The normalized spacial score (nSPS) is 11.9. The molecule has 4 nitrogen and oxygen atoms in total. The summed E-state index contributed by atoms with van der Waals surface area (Å²) in [6.07, 6.45) is 4.08. The zero-order valence-corrected chi connectivity index (χ0v) is 12.1. The molecule has 1 aromatic carbocycles. The molecule has 1 heterocycles. The Morgan fingerprint density at radius 2 is 2.05 bits per heavy atom. The Hall–Kier alpha value is -2.23. The maximum atomic E-state index is 11.9. The first-order valence-electron chi connectivity index (χ1n) is 6.70. The third-order valence-corrected chi connectivity index (χ3v) is 3.26. The molecule has 0 saturated heterocycles. The minimum absolute atomic E-state index is 0.0409. The van der Waals surface area contributed by atoms with Gasteiger partial charge in [-0.15, -0.1) is 0 Å². The molecule has 0 aliphatic carbocycles. The van der Waals surface area contributed by atoms with Crippen LogP contribution in [0.15, 0.2) is 41.2 Å². The zero-order chi connectivity index (χ0) is 14.5. The van der Waals surface area contributed by atoms with Crippen LogP contribution in [0.25, 0.3) is 0 Å². The summed E-state index contributed by atoms with van der Waals surface area (Å²) in [6.45, 7) is 6.04. The summed E-state index contributed by atoms with van der Waals surface area (Å²) >= 11 is 0. The van der Waals surface area contributed by atoms with E-state index in [1.165, 1.54) is 5.56 Å². The predicted molar refractivity (Wildman–Crippen MR) is 79.9 cm³/mol. The van der Waals surface area contributed by atoms with Gasteiger partial charge in [-0.25, -0.2) is 4.79 Å². The van der Waals surface area contributed by atoms with Crippen LogP contribution in [0.4, 0.5) is 10.5 Å². The summed E-state index contributed by atoms with van der Waals surface area (Å²) in [6, 6.07) is 7.63. The van der Waals surface area contributed by atoms with E-state index in [0.29, 0.717) is 0 Å². The molecule has 0 fully saturated rings. The van der Waals surface area contributed by atoms with Crippen molar-refractivity contribution in [3.8, 4) is 0 Å². The highest BCUT2D eigenvalue weighted by molar-refractivity contribution is 5.89. The molecule has 2 aromatic rings. The summed E-state index contributed by atoms with van der Waals surface area (Å²) in [7, 11) is 0. The van der Waals surface area contributed by atoms with Gasteiger partial charge in [-0.05, 0) is 62.1 Å². The monoisotopic (exact) mass is 272 g/mol. The molecule has 4 heteroatoms. The van der Waals surface area contributed by atoms with Crippen molar-refractivity contribution in [1.82, 2.24) is 5.32 Å². The van der Waals surface area contributed by atoms with Gasteiger partial charge in [-0.1, -0.05) is 6.07 Å². The van der Waals surface area contributed by atoms with Crippen LogP contribution in [0, 0.1) is 13.8 Å². The lowest BCUT2D eigenvalue weighted by atomic mass is 10.1. The molecule has 0 bridgehead atoms. The molecule has 0 radical (unpaired) electrons. The van der Waals surface area contributed by atoms with E-state index in [-0.39, 0.29) is 12.1 Å². The van der Waals surface area contributed by atoms with E-state index in [1.807, 2.05) is 45.0 Å². The Balaban J connectivity index is 1.87. The fourth-order valence-electron chi connectivity index (χ4n) is 2.02. The Morgan fingerprint density at radius 1 is 1.25 bits per heavy atom. The van der Waals surface area contributed by atoms with Gasteiger partial charge in [0.15, 0.2) is 0 Å². The van der Waals surface area contributed by atoms with Crippen LogP contribution >= 0.6 is 0 Å². The number of carbonyl (C=O) groups excluding carboxylic acids is 1. The first kappa shape index (κ1) is 14.2. The lowest BCUT2D eigenvalue weighted by molar-refractivity contribution is 0.249. The van der Waals surface area contributed by atoms with Crippen molar-refractivity contribution in [1.29, 1.82) is 0 Å². The van der Waals surface area contributed by atoms with Crippen LogP contribution in [-0.2, 0) is 6.42 Å². The van der Waals surface area contributed by atoms with Gasteiger partial charge in [0.05, 0.1) is 12.5 Å². The second-order valence-electron chi connectivity index (χ2n) is 5.13. The number of nitrogens with one attached hydrogen (secondary N) is 2. The molecular weight excluding hydrogens is 252 g/mol. The zero-order valence-electron chi connectivity index (χ0n) is 12.1. The molecule has 1 unspecified atom stereocenters. The minimum Gasteiger partial charge on any atom is -0.472 e. The first-order valence-corrected chi connectivity index (χ1v) is 6.70. The molecule has 1 atom stereocenters. The summed E-state index contributed by atoms with van der Waals surface area (Å²) in [4.78, 5) is 11.9. The number of aryl methyl sites for hydroxylation is 2. The van der Waals surface area contributed by atoms with Crippen molar-refractivity contribution in [3.05, 3.63) is 53.5 Å². The molecular formula is C16H20N2O2. The molecule has 106 valence electrons. The Bertz CT molecular complexity index is 576. The van der Waals surface area contributed by atoms with E-state index in [1.54, 1.807) is 12.5 Å². The predicted octanol–water partition coefficient (Wildman–Crippen LogP) is 3.65. The third-order valence-electron chi connectivity index (χ3n) is 3.26. The van der Waals surface area contributed by atoms with Crippen molar-refractivity contribution in [3.63, 3.8) is 0 Å². The minimum atomic E-state index is -0.191. The van der Waals surface area contributed by atoms with Gasteiger partial charge in [-0.2, -0.15) is 0 Å². The number of furan rings is 1. The largest absolute Gasteiger partial charge is 0.472 e. The highest BCUT2D eigenvalue weighted by Crippen LogP contribution is 2.14. The van der Waals surface area contributed by atoms with Crippen LogP contribution in [-0.4, -0.2) is 12.1 Å². The molecule has 0 spiro atoms. The number of rotatable bonds is 4. The van der Waals surface area contributed by atoms with E-state index >= 15 is 0 Å². The van der Waals surface area contributed by atoms with E-state index in [0.717, 1.165) is 23.2 Å². The number of amides is 2. The second kappa shape index (κ2) is 6.28. The molecule has 0 saturated carbocycles. The molecule has 2 amide bonds. The average Bonchev–Trinajstić information content (AvgIpc) is 2.86. The molecule has 0 aliphatic heterocycles. The van der Waals surface area contributed by atoms with Gasteiger partial charge in [-0.3, -0.25) is 0 Å². The maximum absolute atomic E-state index is 11.9. The summed E-state index contributed by atoms with van der Waals surface area (Å²) in [5.41, 5.74) is 4.25. The van der Waals surface area contributed by atoms with Crippen LogP contribution < -0.4 is 10.6 Å². The number of hydrogen-bond acceptors (Lipinski definition) is 2. The SMILES string of the molecule is Cc1ccc(NC(=O)NC(C)Cc2ccoc2)cc1C. The molecule has 2 rings (SSSR count). The lowest BCUT2D eigenvalue weighted by Gasteiger charge is -2.14. The molecule has 2 N–H and O–H groups in total.